The van der Waals surface area contributed by atoms with Gasteiger partial charge in [0, 0.05) is 5.56 Å². The summed E-state index contributed by atoms with van der Waals surface area (Å²) in [6, 6.07) is 7.32. The first-order valence-electron chi connectivity index (χ1n) is 6.75. The molecule has 2 N–H and O–H groups in total. The molecule has 1 aliphatic rings. The lowest BCUT2D eigenvalue weighted by Crippen LogP contribution is -2.16. The number of Topliss-reactive ketones (excluding diaryl/α,β-unsaturated/α-hetero) is 1. The van der Waals surface area contributed by atoms with Crippen LogP contribution in [0.15, 0.2) is 24.3 Å². The van der Waals surface area contributed by atoms with Crippen molar-refractivity contribution >= 4 is 5.78 Å². The maximum absolute atomic E-state index is 11.5. The predicted molar refractivity (Wildman–Crippen MR) is 71.9 cm³/mol. The van der Waals surface area contributed by atoms with Crippen molar-refractivity contribution in [3.63, 3.8) is 0 Å². The van der Waals surface area contributed by atoms with Crippen LogP contribution in [-0.4, -0.2) is 18.9 Å². The molecule has 1 fully saturated rings. The zero-order chi connectivity index (χ0) is 12.8. The zero-order valence-corrected chi connectivity index (χ0v) is 10.7. The average molecular weight is 247 g/mol. The van der Waals surface area contributed by atoms with E-state index >= 15 is 0 Å². The van der Waals surface area contributed by atoms with Crippen LogP contribution in [0.4, 0.5) is 0 Å². The molecular weight excluding hydrogens is 226 g/mol. The highest BCUT2D eigenvalue weighted by molar-refractivity contribution is 5.97. The van der Waals surface area contributed by atoms with Gasteiger partial charge >= 0.3 is 0 Å². The fourth-order valence-corrected chi connectivity index (χ4v) is 2.45. The first-order chi connectivity index (χ1) is 8.79. The van der Waals surface area contributed by atoms with E-state index in [4.69, 9.17) is 10.5 Å². The molecule has 1 aliphatic carbocycles. The summed E-state index contributed by atoms with van der Waals surface area (Å²) in [6.07, 6.45) is 6.53. The summed E-state index contributed by atoms with van der Waals surface area (Å²) >= 11 is 0. The molecule has 3 nitrogen and oxygen atoms in total. The number of carbonyl (C=O) groups excluding carboxylic acids is 1. The van der Waals surface area contributed by atoms with Crippen LogP contribution in [-0.2, 0) is 0 Å². The SMILES string of the molecule is NCC(=O)c1cccc(OCC2CCCCC2)c1. The van der Waals surface area contributed by atoms with Crippen molar-refractivity contribution < 1.29 is 9.53 Å². The third-order valence-electron chi connectivity index (χ3n) is 3.55. The standard InChI is InChI=1S/C15H21NO2/c16-10-15(17)13-7-4-8-14(9-13)18-11-12-5-2-1-3-6-12/h4,7-9,12H,1-3,5-6,10-11,16H2. The lowest BCUT2D eigenvalue weighted by Gasteiger charge is -2.21. The Kier molecular flexibility index (Phi) is 4.76. The van der Waals surface area contributed by atoms with Gasteiger partial charge in [-0.1, -0.05) is 31.4 Å². The second-order valence-corrected chi connectivity index (χ2v) is 4.97. The maximum Gasteiger partial charge on any atom is 0.176 e. The van der Waals surface area contributed by atoms with Crippen molar-refractivity contribution in [1.82, 2.24) is 0 Å². The van der Waals surface area contributed by atoms with Crippen molar-refractivity contribution in [2.45, 2.75) is 32.1 Å². The van der Waals surface area contributed by atoms with Crippen molar-refractivity contribution in [3.8, 4) is 5.75 Å². The molecule has 2 rings (SSSR count). The van der Waals surface area contributed by atoms with Gasteiger partial charge in [-0.15, -0.1) is 0 Å². The largest absolute Gasteiger partial charge is 0.493 e. The highest BCUT2D eigenvalue weighted by atomic mass is 16.5. The number of ether oxygens (including phenoxy) is 1. The molecule has 98 valence electrons. The smallest absolute Gasteiger partial charge is 0.176 e. The molecule has 1 aromatic rings. The molecule has 0 aromatic heterocycles. The quantitative estimate of drug-likeness (QED) is 0.814. The van der Waals surface area contributed by atoms with E-state index in [1.165, 1.54) is 32.1 Å². The first kappa shape index (κ1) is 13.1. The molecule has 0 saturated heterocycles. The van der Waals surface area contributed by atoms with Crippen LogP contribution < -0.4 is 10.5 Å². The van der Waals surface area contributed by atoms with Gasteiger partial charge in [0.2, 0.25) is 0 Å². The van der Waals surface area contributed by atoms with E-state index in [1.807, 2.05) is 12.1 Å². The molecule has 0 radical (unpaired) electrons. The van der Waals surface area contributed by atoms with Crippen LogP contribution in [0.25, 0.3) is 0 Å². The molecule has 0 atom stereocenters. The second kappa shape index (κ2) is 6.55. The molecule has 0 heterocycles. The summed E-state index contributed by atoms with van der Waals surface area (Å²) in [7, 11) is 0. The van der Waals surface area contributed by atoms with Crippen LogP contribution >= 0.6 is 0 Å². The van der Waals surface area contributed by atoms with E-state index in [-0.39, 0.29) is 12.3 Å². The second-order valence-electron chi connectivity index (χ2n) is 4.97. The number of rotatable bonds is 5. The van der Waals surface area contributed by atoms with Gasteiger partial charge in [0.25, 0.3) is 0 Å². The van der Waals surface area contributed by atoms with Crippen molar-refractivity contribution in [1.29, 1.82) is 0 Å². The fourth-order valence-electron chi connectivity index (χ4n) is 2.45. The lowest BCUT2D eigenvalue weighted by atomic mass is 9.90. The Morgan fingerprint density at radius 1 is 1.28 bits per heavy atom. The monoisotopic (exact) mass is 247 g/mol. The Morgan fingerprint density at radius 2 is 2.06 bits per heavy atom. The van der Waals surface area contributed by atoms with Gasteiger partial charge in [-0.3, -0.25) is 4.79 Å². The third-order valence-corrected chi connectivity index (χ3v) is 3.55. The van der Waals surface area contributed by atoms with Crippen molar-refractivity contribution in [2.75, 3.05) is 13.2 Å². The van der Waals surface area contributed by atoms with Crippen molar-refractivity contribution in [2.24, 2.45) is 11.7 Å². The van der Waals surface area contributed by atoms with E-state index in [9.17, 15) is 4.79 Å². The number of benzene rings is 1. The van der Waals surface area contributed by atoms with Crippen LogP contribution in [0.1, 0.15) is 42.5 Å². The predicted octanol–water partition coefficient (Wildman–Crippen LogP) is 2.79. The topological polar surface area (TPSA) is 52.3 Å². The van der Waals surface area contributed by atoms with Gasteiger partial charge in [0.1, 0.15) is 5.75 Å². The van der Waals surface area contributed by atoms with E-state index in [1.54, 1.807) is 12.1 Å². The van der Waals surface area contributed by atoms with E-state index in [0.29, 0.717) is 11.5 Å². The Hall–Kier alpha value is -1.35. The minimum absolute atomic E-state index is 0.0434. The van der Waals surface area contributed by atoms with Crippen LogP contribution in [0, 0.1) is 5.92 Å². The summed E-state index contributed by atoms with van der Waals surface area (Å²) in [4.78, 5) is 11.5. The number of ketones is 1. The normalized spacial score (nSPS) is 16.5. The molecule has 0 bridgehead atoms. The Balaban J connectivity index is 1.90. The van der Waals surface area contributed by atoms with Crippen LogP contribution in [0.3, 0.4) is 0 Å². The number of nitrogens with two attached hydrogens (primary N) is 1. The minimum atomic E-state index is -0.0434. The fraction of sp³-hybridized carbons (Fsp3) is 0.533. The summed E-state index contributed by atoms with van der Waals surface area (Å²) in [5, 5.41) is 0. The zero-order valence-electron chi connectivity index (χ0n) is 10.7. The van der Waals surface area contributed by atoms with Crippen molar-refractivity contribution in [3.05, 3.63) is 29.8 Å². The number of carbonyl (C=O) groups is 1. The highest BCUT2D eigenvalue weighted by Crippen LogP contribution is 2.24. The van der Waals surface area contributed by atoms with Gasteiger partial charge in [-0.2, -0.15) is 0 Å². The van der Waals surface area contributed by atoms with Gasteiger partial charge in [0.15, 0.2) is 5.78 Å². The maximum atomic E-state index is 11.5. The van der Waals surface area contributed by atoms with Crippen LogP contribution in [0.2, 0.25) is 0 Å². The lowest BCUT2D eigenvalue weighted by molar-refractivity contribution is 0.100. The highest BCUT2D eigenvalue weighted by Gasteiger charge is 2.14. The van der Waals surface area contributed by atoms with Gasteiger partial charge < -0.3 is 10.5 Å². The van der Waals surface area contributed by atoms with Gasteiger partial charge in [0.05, 0.1) is 13.2 Å². The number of hydrogen-bond donors (Lipinski definition) is 1. The molecular formula is C15H21NO2. The summed E-state index contributed by atoms with van der Waals surface area (Å²) in [6.45, 7) is 0.812. The Bertz CT molecular complexity index is 397. The molecule has 1 aromatic carbocycles. The average Bonchev–Trinajstić information content (AvgIpc) is 2.45. The molecule has 0 unspecified atom stereocenters. The Labute approximate surface area is 108 Å². The van der Waals surface area contributed by atoms with Gasteiger partial charge in [-0.25, -0.2) is 0 Å². The Morgan fingerprint density at radius 3 is 2.78 bits per heavy atom. The summed E-state index contributed by atoms with van der Waals surface area (Å²) in [5.41, 5.74) is 5.99. The first-order valence-corrected chi connectivity index (χ1v) is 6.75. The van der Waals surface area contributed by atoms with E-state index in [0.717, 1.165) is 12.4 Å². The van der Waals surface area contributed by atoms with E-state index in [2.05, 4.69) is 0 Å². The van der Waals surface area contributed by atoms with E-state index < -0.39 is 0 Å². The summed E-state index contributed by atoms with van der Waals surface area (Å²) < 4.78 is 5.79. The molecule has 0 aliphatic heterocycles. The number of hydrogen-bond acceptors (Lipinski definition) is 3. The molecule has 0 spiro atoms. The van der Waals surface area contributed by atoms with Gasteiger partial charge in [-0.05, 0) is 30.9 Å². The van der Waals surface area contributed by atoms with Crippen LogP contribution in [0.5, 0.6) is 5.75 Å². The molecule has 3 heteroatoms. The summed E-state index contributed by atoms with van der Waals surface area (Å²) in [5.74, 6) is 1.41. The molecule has 1 saturated carbocycles. The third kappa shape index (κ3) is 3.57. The molecule has 0 amide bonds. The molecule has 18 heavy (non-hydrogen) atoms. The minimum Gasteiger partial charge on any atom is -0.493 e.